The fraction of sp³-hybridized carbons (Fsp3) is 0.526. The van der Waals surface area contributed by atoms with Gasteiger partial charge in [-0.1, -0.05) is 12.1 Å². The molecular formula is C19H25FN2O3. The number of methoxy groups -OCH3 is 1. The Kier molecular flexibility index (Phi) is 5.39. The summed E-state index contributed by atoms with van der Waals surface area (Å²) < 4.78 is 24.8. The number of halogens is 1. The smallest absolute Gasteiger partial charge is 0.290 e. The number of nitrogens with zero attached hydrogens (tertiary/aromatic N) is 2. The first-order valence-corrected chi connectivity index (χ1v) is 8.69. The van der Waals surface area contributed by atoms with Crippen molar-refractivity contribution in [2.24, 2.45) is 0 Å². The van der Waals surface area contributed by atoms with Crippen molar-refractivity contribution in [2.75, 3.05) is 40.4 Å². The third kappa shape index (κ3) is 3.55. The molecule has 1 amide bonds. The number of amides is 1. The number of carbonyl (C=O) groups is 1. The maximum Gasteiger partial charge on any atom is 0.290 e. The molecule has 136 valence electrons. The predicted molar refractivity (Wildman–Crippen MR) is 94.3 cm³/mol. The minimum absolute atomic E-state index is 0.149. The number of likely N-dealkylation sites (tertiary alicyclic amines) is 1. The molecule has 25 heavy (non-hydrogen) atoms. The fourth-order valence-electron chi connectivity index (χ4n) is 3.49. The van der Waals surface area contributed by atoms with Gasteiger partial charge in [-0.05, 0) is 46.0 Å². The van der Waals surface area contributed by atoms with E-state index in [0.29, 0.717) is 24.1 Å². The summed E-state index contributed by atoms with van der Waals surface area (Å²) in [6.07, 6.45) is 1.83. The zero-order valence-electron chi connectivity index (χ0n) is 15.0. The second-order valence-electron chi connectivity index (χ2n) is 6.70. The molecular weight excluding hydrogens is 323 g/mol. The van der Waals surface area contributed by atoms with Crippen LogP contribution in [0, 0.1) is 12.7 Å². The molecule has 1 aliphatic rings. The maximum absolute atomic E-state index is 14.0. The molecule has 0 spiro atoms. The zero-order valence-corrected chi connectivity index (χ0v) is 15.0. The predicted octanol–water partition coefficient (Wildman–Crippen LogP) is 3.06. The highest BCUT2D eigenvalue weighted by Crippen LogP contribution is 2.29. The molecule has 0 bridgehead atoms. The SMILES string of the molecule is COCCN(C(=O)c1oc2c(F)cccc2c1C)C1CCN(C)CC1. The Morgan fingerprint density at radius 1 is 1.40 bits per heavy atom. The van der Waals surface area contributed by atoms with E-state index in [2.05, 4.69) is 11.9 Å². The largest absolute Gasteiger partial charge is 0.448 e. The van der Waals surface area contributed by atoms with Gasteiger partial charge in [0.1, 0.15) is 0 Å². The third-order valence-corrected chi connectivity index (χ3v) is 5.04. The number of hydrogen-bond acceptors (Lipinski definition) is 4. The second kappa shape index (κ2) is 7.54. The molecule has 0 unspecified atom stereocenters. The third-order valence-electron chi connectivity index (χ3n) is 5.04. The van der Waals surface area contributed by atoms with Crippen LogP contribution in [0.4, 0.5) is 4.39 Å². The van der Waals surface area contributed by atoms with Crippen LogP contribution in [-0.2, 0) is 4.74 Å². The number of aryl methyl sites for hydroxylation is 1. The number of carbonyl (C=O) groups excluding carboxylic acids is 1. The van der Waals surface area contributed by atoms with Gasteiger partial charge in [-0.15, -0.1) is 0 Å². The summed E-state index contributed by atoms with van der Waals surface area (Å²) in [6.45, 7) is 4.68. The molecule has 5 nitrogen and oxygen atoms in total. The Bertz CT molecular complexity index is 750. The van der Waals surface area contributed by atoms with Crippen LogP contribution >= 0.6 is 0 Å². The van der Waals surface area contributed by atoms with Crippen LogP contribution in [0.5, 0.6) is 0 Å². The highest BCUT2D eigenvalue weighted by Gasteiger charge is 2.31. The van der Waals surface area contributed by atoms with Crippen molar-refractivity contribution in [2.45, 2.75) is 25.8 Å². The van der Waals surface area contributed by atoms with Crippen LogP contribution in [0.2, 0.25) is 0 Å². The number of fused-ring (bicyclic) bond motifs is 1. The van der Waals surface area contributed by atoms with E-state index in [1.54, 1.807) is 19.2 Å². The lowest BCUT2D eigenvalue weighted by Crippen LogP contribution is -2.47. The van der Waals surface area contributed by atoms with Crippen molar-refractivity contribution in [3.05, 3.63) is 35.3 Å². The molecule has 1 aromatic heterocycles. The van der Waals surface area contributed by atoms with Crippen molar-refractivity contribution in [1.82, 2.24) is 9.80 Å². The maximum atomic E-state index is 14.0. The Morgan fingerprint density at radius 3 is 2.76 bits per heavy atom. The van der Waals surface area contributed by atoms with Gasteiger partial charge in [0.05, 0.1) is 6.61 Å². The summed E-state index contributed by atoms with van der Waals surface area (Å²) in [6, 6.07) is 4.91. The standard InChI is InChI=1S/C19H25FN2O3/c1-13-15-5-4-6-16(20)18(15)25-17(13)19(23)22(11-12-24-3)14-7-9-21(2)10-8-14/h4-6,14H,7-12H2,1-3H3. The summed E-state index contributed by atoms with van der Waals surface area (Å²) in [5.41, 5.74) is 0.841. The lowest BCUT2D eigenvalue weighted by atomic mass is 10.0. The number of hydrogen-bond donors (Lipinski definition) is 0. The number of benzene rings is 1. The topological polar surface area (TPSA) is 45.9 Å². The Hall–Kier alpha value is -1.92. The van der Waals surface area contributed by atoms with Crippen LogP contribution in [0.25, 0.3) is 11.0 Å². The van der Waals surface area contributed by atoms with Gasteiger partial charge in [0, 0.05) is 30.6 Å². The minimum atomic E-state index is -0.442. The summed E-state index contributed by atoms with van der Waals surface area (Å²) >= 11 is 0. The van der Waals surface area contributed by atoms with Crippen molar-refractivity contribution < 1.29 is 18.3 Å². The van der Waals surface area contributed by atoms with E-state index >= 15 is 0 Å². The highest BCUT2D eigenvalue weighted by molar-refractivity contribution is 5.99. The molecule has 1 fully saturated rings. The van der Waals surface area contributed by atoms with Gasteiger partial charge in [-0.2, -0.15) is 0 Å². The minimum Gasteiger partial charge on any atom is -0.448 e. The van der Waals surface area contributed by atoms with Gasteiger partial charge in [-0.25, -0.2) is 4.39 Å². The van der Waals surface area contributed by atoms with E-state index < -0.39 is 5.82 Å². The molecule has 0 N–H and O–H groups in total. The normalized spacial score (nSPS) is 16.5. The number of para-hydroxylation sites is 1. The lowest BCUT2D eigenvalue weighted by molar-refractivity contribution is 0.0477. The summed E-state index contributed by atoms with van der Waals surface area (Å²) in [5.74, 6) is -0.391. The summed E-state index contributed by atoms with van der Waals surface area (Å²) in [7, 11) is 3.71. The van der Waals surface area contributed by atoms with E-state index in [9.17, 15) is 9.18 Å². The van der Waals surface area contributed by atoms with E-state index in [1.165, 1.54) is 6.07 Å². The van der Waals surface area contributed by atoms with Crippen LogP contribution in [-0.4, -0.2) is 62.1 Å². The monoisotopic (exact) mass is 348 g/mol. The molecule has 0 aliphatic carbocycles. The summed E-state index contributed by atoms with van der Waals surface area (Å²) in [5, 5.41) is 0.651. The van der Waals surface area contributed by atoms with E-state index in [-0.39, 0.29) is 23.3 Å². The molecule has 1 aliphatic heterocycles. The van der Waals surface area contributed by atoms with Crippen molar-refractivity contribution in [3.63, 3.8) is 0 Å². The first-order chi connectivity index (χ1) is 12.0. The molecule has 1 saturated heterocycles. The molecule has 1 aromatic carbocycles. The Morgan fingerprint density at radius 2 is 2.12 bits per heavy atom. The molecule has 3 rings (SSSR count). The number of piperidine rings is 1. The van der Waals surface area contributed by atoms with Gasteiger partial charge in [-0.3, -0.25) is 4.79 Å². The Balaban J connectivity index is 1.91. The summed E-state index contributed by atoms with van der Waals surface area (Å²) in [4.78, 5) is 17.3. The van der Waals surface area contributed by atoms with Gasteiger partial charge in [0.2, 0.25) is 0 Å². The number of ether oxygens (including phenoxy) is 1. The first kappa shape index (κ1) is 17.9. The molecule has 0 radical (unpaired) electrons. The molecule has 6 heteroatoms. The molecule has 2 aromatic rings. The van der Waals surface area contributed by atoms with Crippen molar-refractivity contribution >= 4 is 16.9 Å². The average molecular weight is 348 g/mol. The van der Waals surface area contributed by atoms with Crippen LogP contribution in [0.1, 0.15) is 29.0 Å². The van der Waals surface area contributed by atoms with Gasteiger partial charge in [0.25, 0.3) is 5.91 Å². The van der Waals surface area contributed by atoms with Crippen molar-refractivity contribution in [1.29, 1.82) is 0 Å². The van der Waals surface area contributed by atoms with E-state index in [1.807, 2.05) is 11.8 Å². The average Bonchev–Trinajstić information content (AvgIpc) is 2.95. The van der Waals surface area contributed by atoms with Crippen molar-refractivity contribution in [3.8, 4) is 0 Å². The Labute approximate surface area is 147 Å². The second-order valence-corrected chi connectivity index (χ2v) is 6.70. The zero-order chi connectivity index (χ0) is 18.0. The van der Waals surface area contributed by atoms with Gasteiger partial charge in [0.15, 0.2) is 17.2 Å². The number of furan rings is 1. The molecule has 2 heterocycles. The number of rotatable bonds is 5. The lowest BCUT2D eigenvalue weighted by Gasteiger charge is -2.37. The van der Waals surface area contributed by atoms with Crippen LogP contribution in [0.15, 0.2) is 22.6 Å². The molecule has 0 atom stereocenters. The quantitative estimate of drug-likeness (QED) is 0.833. The van der Waals surface area contributed by atoms with Gasteiger partial charge < -0.3 is 19.0 Å². The van der Waals surface area contributed by atoms with E-state index in [0.717, 1.165) is 25.9 Å². The van der Waals surface area contributed by atoms with Crippen LogP contribution < -0.4 is 0 Å². The fourth-order valence-corrected chi connectivity index (χ4v) is 3.49. The van der Waals surface area contributed by atoms with E-state index in [4.69, 9.17) is 9.15 Å². The first-order valence-electron chi connectivity index (χ1n) is 8.69. The molecule has 0 saturated carbocycles. The van der Waals surface area contributed by atoms with Gasteiger partial charge >= 0.3 is 0 Å². The van der Waals surface area contributed by atoms with Crippen LogP contribution in [0.3, 0.4) is 0 Å². The highest BCUT2D eigenvalue weighted by atomic mass is 19.1.